The van der Waals surface area contributed by atoms with E-state index < -0.39 is 18.4 Å². The Morgan fingerprint density at radius 2 is 2.25 bits per heavy atom. The highest BCUT2D eigenvalue weighted by Crippen LogP contribution is 2.20. The maximum atomic E-state index is 11.9. The Bertz CT molecular complexity index is 525. The second-order valence-corrected chi connectivity index (χ2v) is 5.97. The van der Waals surface area contributed by atoms with Crippen LogP contribution in [-0.4, -0.2) is 48.2 Å². The van der Waals surface area contributed by atoms with Crippen LogP contribution in [0.4, 0.5) is 4.79 Å². The molecule has 7 nitrogen and oxygen atoms in total. The molecule has 1 aliphatic heterocycles. The summed E-state index contributed by atoms with van der Waals surface area (Å²) in [5.41, 5.74) is 1.02. The van der Waals surface area contributed by atoms with Gasteiger partial charge in [-0.1, -0.05) is 37.3 Å². The first-order valence-corrected chi connectivity index (χ1v) is 8.09. The molecule has 0 aliphatic carbocycles. The molecule has 24 heavy (non-hydrogen) atoms. The number of aliphatic hydroxyl groups excluding tert-OH is 1. The maximum Gasteiger partial charge on any atom is 0.426 e. The number of ether oxygens (including phenoxy) is 1. The van der Waals surface area contributed by atoms with Gasteiger partial charge in [-0.25, -0.2) is 4.79 Å². The van der Waals surface area contributed by atoms with Crippen LogP contribution in [0.2, 0.25) is 0 Å². The first-order valence-electron chi connectivity index (χ1n) is 8.09. The van der Waals surface area contributed by atoms with E-state index in [4.69, 9.17) is 9.57 Å². The molecule has 3 unspecified atom stereocenters. The molecular formula is C17H24N2O5. The lowest BCUT2D eigenvalue weighted by Crippen LogP contribution is -2.41. The zero-order valence-corrected chi connectivity index (χ0v) is 13.8. The van der Waals surface area contributed by atoms with Crippen LogP contribution in [0.15, 0.2) is 30.3 Å². The summed E-state index contributed by atoms with van der Waals surface area (Å²) in [4.78, 5) is 27.5. The van der Waals surface area contributed by atoms with Crippen molar-refractivity contribution >= 4 is 12.4 Å². The summed E-state index contributed by atoms with van der Waals surface area (Å²) in [5.74, 6) is 0.184. The fourth-order valence-corrected chi connectivity index (χ4v) is 2.50. The van der Waals surface area contributed by atoms with E-state index in [1.54, 1.807) is 0 Å². The highest BCUT2D eigenvalue weighted by molar-refractivity contribution is 5.66. The number of nitrogens with zero attached hydrogens (tertiary/aromatic N) is 1. The van der Waals surface area contributed by atoms with Gasteiger partial charge in [0.1, 0.15) is 19.1 Å². The summed E-state index contributed by atoms with van der Waals surface area (Å²) < 4.78 is 5.17. The van der Waals surface area contributed by atoms with Crippen molar-refractivity contribution in [1.29, 1.82) is 0 Å². The molecule has 1 heterocycles. The fourth-order valence-electron chi connectivity index (χ4n) is 2.50. The molecule has 0 saturated carbocycles. The summed E-state index contributed by atoms with van der Waals surface area (Å²) in [7, 11) is 0. The van der Waals surface area contributed by atoms with Crippen LogP contribution in [0.25, 0.3) is 0 Å². The molecule has 132 valence electrons. The molecule has 7 heteroatoms. The number of rotatable bonds is 8. The van der Waals surface area contributed by atoms with Gasteiger partial charge in [0.2, 0.25) is 0 Å². The van der Waals surface area contributed by atoms with E-state index in [0.29, 0.717) is 25.8 Å². The monoisotopic (exact) mass is 336 g/mol. The van der Waals surface area contributed by atoms with E-state index in [0.717, 1.165) is 11.8 Å². The van der Waals surface area contributed by atoms with Crippen molar-refractivity contribution in [1.82, 2.24) is 10.4 Å². The summed E-state index contributed by atoms with van der Waals surface area (Å²) in [5, 5.41) is 14.0. The third-order valence-corrected chi connectivity index (χ3v) is 3.93. The van der Waals surface area contributed by atoms with Crippen molar-refractivity contribution in [2.24, 2.45) is 5.92 Å². The molecule has 3 atom stereocenters. The summed E-state index contributed by atoms with van der Waals surface area (Å²) >= 11 is 0. The second-order valence-electron chi connectivity index (χ2n) is 5.97. The van der Waals surface area contributed by atoms with Crippen molar-refractivity contribution in [2.45, 2.75) is 38.5 Å². The highest BCUT2D eigenvalue weighted by Gasteiger charge is 2.36. The topological polar surface area (TPSA) is 88.1 Å². The van der Waals surface area contributed by atoms with Crippen LogP contribution < -0.4 is 5.32 Å². The molecule has 1 amide bonds. The first kappa shape index (κ1) is 18.4. The Hall–Kier alpha value is -1.96. The average Bonchev–Trinajstić information content (AvgIpc) is 2.92. The van der Waals surface area contributed by atoms with E-state index in [2.05, 4.69) is 5.32 Å². The molecule has 1 aliphatic rings. The van der Waals surface area contributed by atoms with Crippen molar-refractivity contribution in [3.8, 4) is 0 Å². The molecule has 0 radical (unpaired) electrons. The number of aldehydes is 1. The minimum atomic E-state index is -1.01. The van der Waals surface area contributed by atoms with Crippen molar-refractivity contribution in [3.05, 3.63) is 35.9 Å². The third kappa shape index (κ3) is 5.59. The Balaban J connectivity index is 1.81. The maximum absolute atomic E-state index is 11.9. The van der Waals surface area contributed by atoms with Gasteiger partial charge in [-0.2, -0.15) is 0 Å². The third-order valence-electron chi connectivity index (χ3n) is 3.93. The zero-order valence-electron chi connectivity index (χ0n) is 13.8. The van der Waals surface area contributed by atoms with Gasteiger partial charge < -0.3 is 24.8 Å². The predicted octanol–water partition coefficient (Wildman–Crippen LogP) is 1.46. The van der Waals surface area contributed by atoms with Gasteiger partial charge >= 0.3 is 6.09 Å². The molecule has 1 saturated heterocycles. The Morgan fingerprint density at radius 1 is 1.50 bits per heavy atom. The molecule has 0 aromatic heterocycles. The lowest BCUT2D eigenvalue weighted by molar-refractivity contribution is -0.127. The molecule has 2 N–H and O–H groups in total. The van der Waals surface area contributed by atoms with Crippen molar-refractivity contribution < 1.29 is 24.3 Å². The number of carbonyl (C=O) groups excluding carboxylic acids is 2. The Morgan fingerprint density at radius 3 is 2.96 bits per heavy atom. The molecule has 1 aromatic rings. The van der Waals surface area contributed by atoms with Gasteiger partial charge in [-0.3, -0.25) is 0 Å². The predicted molar refractivity (Wildman–Crippen MR) is 86.7 cm³/mol. The number of aliphatic hydroxyl groups is 1. The van der Waals surface area contributed by atoms with Gasteiger partial charge in [0, 0.05) is 13.0 Å². The van der Waals surface area contributed by atoms with E-state index in [-0.39, 0.29) is 12.6 Å². The molecule has 1 fully saturated rings. The normalized spacial score (nSPS) is 22.1. The van der Waals surface area contributed by atoms with Crippen LogP contribution in [0.1, 0.15) is 25.3 Å². The molecule has 1 aromatic carbocycles. The van der Waals surface area contributed by atoms with Crippen LogP contribution in [0, 0.1) is 5.92 Å². The number of benzene rings is 1. The molecule has 2 rings (SSSR count). The van der Waals surface area contributed by atoms with Crippen LogP contribution >= 0.6 is 0 Å². The van der Waals surface area contributed by atoms with Crippen LogP contribution in [-0.2, 0) is 20.8 Å². The highest BCUT2D eigenvalue weighted by atomic mass is 16.8. The average molecular weight is 336 g/mol. The summed E-state index contributed by atoms with van der Waals surface area (Å²) in [6, 6.07) is 9.17. The van der Waals surface area contributed by atoms with Gasteiger partial charge in [0.25, 0.3) is 0 Å². The smallest absolute Gasteiger partial charge is 0.366 e. The van der Waals surface area contributed by atoms with Crippen LogP contribution in [0.5, 0.6) is 0 Å². The Kier molecular flexibility index (Phi) is 7.17. The van der Waals surface area contributed by atoms with Crippen molar-refractivity contribution in [3.63, 3.8) is 0 Å². The standard InChI is InChI=1S/C17H24N2O5/c1-13(6-5-9-20)11-18-17(22)24-19-12-23-16(21)15(19)10-14-7-3-2-4-8-14/h2-4,7-9,13,15-16,21H,5-6,10-12H2,1H3,(H,18,22). The second kappa shape index (κ2) is 9.36. The van der Waals surface area contributed by atoms with Gasteiger partial charge in [0.15, 0.2) is 6.29 Å². The minimum Gasteiger partial charge on any atom is -0.366 e. The SMILES string of the molecule is CC(CCC=O)CNC(=O)ON1COC(O)C1Cc1ccccc1. The summed E-state index contributed by atoms with van der Waals surface area (Å²) in [6.45, 7) is 2.39. The van der Waals surface area contributed by atoms with E-state index in [1.807, 2.05) is 37.3 Å². The quantitative estimate of drug-likeness (QED) is 0.699. The van der Waals surface area contributed by atoms with E-state index in [9.17, 15) is 14.7 Å². The molecule has 0 spiro atoms. The largest absolute Gasteiger partial charge is 0.426 e. The van der Waals surface area contributed by atoms with Gasteiger partial charge in [0.05, 0.1) is 0 Å². The molecule has 0 bridgehead atoms. The zero-order chi connectivity index (χ0) is 17.4. The number of carbonyl (C=O) groups is 2. The van der Waals surface area contributed by atoms with Gasteiger partial charge in [-0.05, 0) is 24.3 Å². The Labute approximate surface area is 141 Å². The number of nitrogens with one attached hydrogen (secondary N) is 1. The minimum absolute atomic E-state index is 0.0206. The van der Waals surface area contributed by atoms with Crippen molar-refractivity contribution in [2.75, 3.05) is 13.3 Å². The number of hydrogen-bond donors (Lipinski definition) is 2. The lowest BCUT2D eigenvalue weighted by atomic mass is 10.1. The number of hydrogen-bond acceptors (Lipinski definition) is 6. The van der Waals surface area contributed by atoms with Gasteiger partial charge in [-0.15, -0.1) is 5.06 Å². The number of amides is 1. The lowest BCUT2D eigenvalue weighted by Gasteiger charge is -2.22. The molecular weight excluding hydrogens is 312 g/mol. The van der Waals surface area contributed by atoms with E-state index >= 15 is 0 Å². The van der Waals surface area contributed by atoms with E-state index in [1.165, 1.54) is 5.06 Å². The number of hydroxylamine groups is 2. The first-order chi connectivity index (χ1) is 11.6. The summed E-state index contributed by atoms with van der Waals surface area (Å²) in [6.07, 6.45) is 0.958. The fraction of sp³-hybridized carbons (Fsp3) is 0.529. The van der Waals surface area contributed by atoms with Crippen LogP contribution in [0.3, 0.4) is 0 Å².